The van der Waals surface area contributed by atoms with Crippen molar-refractivity contribution in [3.8, 4) is 0 Å². The van der Waals surface area contributed by atoms with E-state index >= 15 is 4.39 Å². The quantitative estimate of drug-likeness (QED) is 0.555. The minimum absolute atomic E-state index is 0.0446. The molecule has 1 N–H and O–H groups in total. The van der Waals surface area contributed by atoms with Crippen molar-refractivity contribution in [2.45, 2.75) is 81.9 Å². The van der Waals surface area contributed by atoms with Gasteiger partial charge in [-0.05, 0) is 79.5 Å². The Hall–Kier alpha value is -1.04. The van der Waals surface area contributed by atoms with Gasteiger partial charge in [0.1, 0.15) is 16.2 Å². The maximum absolute atomic E-state index is 15.1. The molecule has 7 nitrogen and oxygen atoms in total. The summed E-state index contributed by atoms with van der Waals surface area (Å²) in [6, 6.07) is 4.20. The lowest BCUT2D eigenvalue weighted by atomic mass is 9.87. The lowest BCUT2D eigenvalue weighted by Crippen LogP contribution is -2.60. The molecule has 0 unspecified atom stereocenters. The number of rotatable bonds is 6. The molecule has 0 aliphatic heterocycles. The third kappa shape index (κ3) is 5.05. The van der Waals surface area contributed by atoms with E-state index < -0.39 is 53.6 Å². The van der Waals surface area contributed by atoms with Gasteiger partial charge >= 0.3 is 6.09 Å². The van der Waals surface area contributed by atoms with Crippen LogP contribution in [-0.2, 0) is 31.3 Å². The second-order valence-corrected chi connectivity index (χ2v) is 15.3. The van der Waals surface area contributed by atoms with Crippen LogP contribution in [0.3, 0.4) is 0 Å². The number of halogens is 2. The molecular formula is C21H32BrFN2O5S2. The van der Waals surface area contributed by atoms with Gasteiger partial charge in [-0.2, -0.15) is 0 Å². The van der Waals surface area contributed by atoms with E-state index in [-0.39, 0.29) is 18.4 Å². The predicted molar refractivity (Wildman–Crippen MR) is 127 cm³/mol. The van der Waals surface area contributed by atoms with Gasteiger partial charge in [-0.15, -0.1) is 0 Å². The number of hydrogen-bond acceptors (Lipinski definition) is 5. The molecule has 0 bridgehead atoms. The first-order valence-electron chi connectivity index (χ1n) is 10.2. The molecule has 1 aromatic carbocycles. The van der Waals surface area contributed by atoms with Crippen LogP contribution in [0.5, 0.6) is 0 Å². The van der Waals surface area contributed by atoms with Crippen LogP contribution in [0.2, 0.25) is 0 Å². The molecule has 182 valence electrons. The summed E-state index contributed by atoms with van der Waals surface area (Å²) in [5.74, 6) is -0.643. The monoisotopic (exact) mass is 554 g/mol. The maximum atomic E-state index is 15.1. The van der Waals surface area contributed by atoms with Crippen molar-refractivity contribution < 1.29 is 26.5 Å². The molecule has 0 aromatic heterocycles. The van der Waals surface area contributed by atoms with Gasteiger partial charge in [-0.3, -0.25) is 0 Å². The molecule has 0 radical (unpaired) electrons. The summed E-state index contributed by atoms with van der Waals surface area (Å²) < 4.78 is 62.6. The van der Waals surface area contributed by atoms with Crippen LogP contribution in [0, 0.1) is 5.82 Å². The molecule has 1 saturated carbocycles. The lowest BCUT2D eigenvalue weighted by Gasteiger charge is -2.41. The molecule has 1 aromatic rings. The smallest absolute Gasteiger partial charge is 0.423 e. The van der Waals surface area contributed by atoms with Gasteiger partial charge in [0.25, 0.3) is 0 Å². The second kappa shape index (κ2) is 8.63. The van der Waals surface area contributed by atoms with Crippen LogP contribution in [0.4, 0.5) is 9.18 Å². The van der Waals surface area contributed by atoms with Crippen molar-refractivity contribution in [2.75, 3.05) is 7.05 Å². The number of carbonyl (C=O) groups excluding carboxylic acids is 1. The Labute approximate surface area is 201 Å². The molecule has 11 heteroatoms. The fraction of sp³-hybridized carbons (Fsp3) is 0.667. The summed E-state index contributed by atoms with van der Waals surface area (Å²) in [4.78, 5) is 12.6. The largest absolute Gasteiger partial charge is 0.443 e. The fourth-order valence-electron chi connectivity index (χ4n) is 3.43. The van der Waals surface area contributed by atoms with Crippen LogP contribution < -0.4 is 4.72 Å². The number of benzene rings is 1. The summed E-state index contributed by atoms with van der Waals surface area (Å²) in [6.07, 6.45) is -0.726. The van der Waals surface area contributed by atoms with Gasteiger partial charge in [0.15, 0.2) is 0 Å². The van der Waals surface area contributed by atoms with E-state index in [2.05, 4.69) is 20.7 Å². The van der Waals surface area contributed by atoms with Crippen LogP contribution >= 0.6 is 15.9 Å². The molecule has 32 heavy (non-hydrogen) atoms. The Kier molecular flexibility index (Phi) is 7.34. The molecule has 2 atom stereocenters. The summed E-state index contributed by atoms with van der Waals surface area (Å²) >= 11 is 3.31. The molecule has 0 heterocycles. The van der Waals surface area contributed by atoms with Crippen LogP contribution in [0.1, 0.15) is 66.9 Å². The number of hydrogen-bond donors (Lipinski definition) is 1. The fourth-order valence-corrected chi connectivity index (χ4v) is 6.89. The highest BCUT2D eigenvalue weighted by molar-refractivity contribution is 9.10. The van der Waals surface area contributed by atoms with Crippen LogP contribution in [-0.4, -0.2) is 45.2 Å². The number of amides is 1. The topological polar surface area (TPSA) is 92.8 Å². The van der Waals surface area contributed by atoms with Crippen molar-refractivity contribution in [3.05, 3.63) is 34.1 Å². The van der Waals surface area contributed by atoms with Crippen LogP contribution in [0.25, 0.3) is 0 Å². The molecule has 0 spiro atoms. The Morgan fingerprint density at radius 3 is 2.16 bits per heavy atom. The molecular weight excluding hydrogens is 523 g/mol. The Balaban J connectivity index is 2.66. The summed E-state index contributed by atoms with van der Waals surface area (Å²) in [5.41, 5.74) is -2.46. The Bertz CT molecular complexity index is 1030. The van der Waals surface area contributed by atoms with E-state index in [0.717, 1.165) is 7.05 Å². The molecule has 1 amide bonds. The summed E-state index contributed by atoms with van der Waals surface area (Å²) in [7, 11) is -4.95. The maximum Gasteiger partial charge on any atom is 0.423 e. The van der Waals surface area contributed by atoms with E-state index in [1.165, 1.54) is 25.1 Å². The van der Waals surface area contributed by atoms with Gasteiger partial charge < -0.3 is 4.74 Å². The van der Waals surface area contributed by atoms with E-state index in [0.29, 0.717) is 8.78 Å². The zero-order valence-electron chi connectivity index (χ0n) is 19.7. The van der Waals surface area contributed by atoms with Crippen molar-refractivity contribution in [1.82, 2.24) is 9.03 Å². The summed E-state index contributed by atoms with van der Waals surface area (Å²) in [6.45, 7) is 11.6. The second-order valence-electron chi connectivity index (χ2n) is 10.2. The summed E-state index contributed by atoms with van der Waals surface area (Å²) in [5, 5.41) is 0. The van der Waals surface area contributed by atoms with Gasteiger partial charge in [0.05, 0.1) is 21.3 Å². The highest BCUT2D eigenvalue weighted by Gasteiger charge is 2.69. The lowest BCUT2D eigenvalue weighted by molar-refractivity contribution is 0.0417. The predicted octanol–water partition coefficient (Wildman–Crippen LogP) is 4.58. The molecule has 1 aliphatic carbocycles. The SMILES string of the molecule is CN(C(=O)OC(C)(C)C)S(=O)(=O)C1([C@](C)(N[S@@](=O)C(C)(C)C)c2cc(Br)ccc2F)CC1. The minimum atomic E-state index is -4.35. The first kappa shape index (κ1) is 27.2. The highest BCUT2D eigenvalue weighted by Crippen LogP contribution is 2.57. The minimum Gasteiger partial charge on any atom is -0.443 e. The van der Waals surface area contributed by atoms with Gasteiger partial charge in [-0.1, -0.05) is 15.9 Å². The molecule has 0 saturated heterocycles. The van der Waals surface area contributed by atoms with Crippen molar-refractivity contribution in [3.63, 3.8) is 0 Å². The standard InChI is InChI=1S/C21H32BrFN2O5S2/c1-18(2,3)30-17(26)25(8)32(28,29)21(11-12-21)20(7,24-31(27)19(4,5)6)15-13-14(22)9-10-16(15)23/h9-10,13,24H,11-12H2,1-8H3/t20-,31+/m1/s1. The van der Waals surface area contributed by atoms with E-state index in [9.17, 15) is 17.4 Å². The van der Waals surface area contributed by atoms with Crippen LogP contribution in [0.15, 0.2) is 22.7 Å². The van der Waals surface area contributed by atoms with Crippen molar-refractivity contribution in [2.24, 2.45) is 0 Å². The molecule has 1 fully saturated rings. The van der Waals surface area contributed by atoms with Gasteiger partial charge in [0, 0.05) is 17.1 Å². The number of sulfonamides is 1. The normalized spacial score (nSPS) is 19.1. The zero-order valence-corrected chi connectivity index (χ0v) is 22.9. The molecule has 1 aliphatic rings. The highest BCUT2D eigenvalue weighted by atomic mass is 79.9. The van der Waals surface area contributed by atoms with Gasteiger partial charge in [-0.25, -0.2) is 30.8 Å². The number of nitrogens with zero attached hydrogens (tertiary/aromatic N) is 1. The number of nitrogens with one attached hydrogen (secondary N) is 1. The first-order chi connectivity index (χ1) is 14.3. The van der Waals surface area contributed by atoms with Gasteiger partial charge in [0.2, 0.25) is 10.0 Å². The third-order valence-corrected chi connectivity index (χ3v) is 10.3. The third-order valence-electron chi connectivity index (χ3n) is 5.44. The van der Waals surface area contributed by atoms with E-state index in [4.69, 9.17) is 4.74 Å². The average Bonchev–Trinajstić information content (AvgIpc) is 3.43. The first-order valence-corrected chi connectivity index (χ1v) is 13.5. The van der Waals surface area contributed by atoms with E-state index in [1.54, 1.807) is 41.5 Å². The number of carbonyl (C=O) groups is 1. The zero-order chi connectivity index (χ0) is 24.9. The van der Waals surface area contributed by atoms with Crippen molar-refractivity contribution >= 4 is 43.0 Å². The number of ether oxygens (including phenoxy) is 1. The van der Waals surface area contributed by atoms with E-state index in [1.807, 2.05) is 0 Å². The average molecular weight is 556 g/mol. The Morgan fingerprint density at radius 2 is 1.72 bits per heavy atom. The van der Waals surface area contributed by atoms with Crippen molar-refractivity contribution in [1.29, 1.82) is 0 Å². The molecule has 2 rings (SSSR count). The Morgan fingerprint density at radius 1 is 1.19 bits per heavy atom.